The summed E-state index contributed by atoms with van der Waals surface area (Å²) >= 11 is 12.5. The summed E-state index contributed by atoms with van der Waals surface area (Å²) in [6, 6.07) is 4.73. The lowest BCUT2D eigenvalue weighted by atomic mass is 10.2. The van der Waals surface area contributed by atoms with Crippen molar-refractivity contribution in [3.63, 3.8) is 0 Å². The molecule has 2 aromatic rings. The molecule has 1 N–H and O–H groups in total. The van der Waals surface area contributed by atoms with Crippen LogP contribution in [0.2, 0.25) is 10.0 Å². The van der Waals surface area contributed by atoms with Crippen molar-refractivity contribution >= 4 is 46.3 Å². The lowest BCUT2D eigenvalue weighted by Gasteiger charge is -2.15. The van der Waals surface area contributed by atoms with Gasteiger partial charge < -0.3 is 24.3 Å². The second-order valence-electron chi connectivity index (χ2n) is 6.50. The van der Waals surface area contributed by atoms with E-state index in [2.05, 4.69) is 15.5 Å². The molecule has 33 heavy (non-hydrogen) atoms. The molecule has 0 fully saturated rings. The number of benzene rings is 2. The Hall–Kier alpha value is -3.04. The van der Waals surface area contributed by atoms with E-state index in [0.717, 1.165) is 0 Å². The Balaban J connectivity index is 2.38. The average molecular weight is 498 g/mol. The van der Waals surface area contributed by atoms with E-state index >= 15 is 0 Å². The Morgan fingerprint density at radius 1 is 1.03 bits per heavy atom. The predicted molar refractivity (Wildman–Crippen MR) is 126 cm³/mol. The fourth-order valence-electron chi connectivity index (χ4n) is 2.74. The van der Waals surface area contributed by atoms with Gasteiger partial charge in [0.15, 0.2) is 17.3 Å². The Kier molecular flexibility index (Phi) is 9.74. The van der Waals surface area contributed by atoms with Crippen molar-refractivity contribution in [2.75, 3.05) is 32.8 Å². The van der Waals surface area contributed by atoms with Crippen LogP contribution in [0.15, 0.2) is 34.5 Å². The number of halogens is 2. The topological polar surface area (TPSA) is 108 Å². The summed E-state index contributed by atoms with van der Waals surface area (Å²) in [6.07, 6.45) is 0. The largest absolute Gasteiger partial charge is 0.497 e. The van der Waals surface area contributed by atoms with Crippen LogP contribution in [0.25, 0.3) is 0 Å². The van der Waals surface area contributed by atoms with Crippen molar-refractivity contribution in [1.29, 1.82) is 0 Å². The minimum atomic E-state index is -1.45. The highest BCUT2D eigenvalue weighted by Crippen LogP contribution is 2.43. The van der Waals surface area contributed by atoms with Crippen molar-refractivity contribution in [3.8, 4) is 23.0 Å². The molecule has 11 heteroatoms. The molecular weight excluding hydrogens is 473 g/mol. The predicted octanol–water partition coefficient (Wildman–Crippen LogP) is 5.49. The first kappa shape index (κ1) is 26.2. The first-order valence-electron chi connectivity index (χ1n) is 9.99. The molecule has 9 nitrogen and oxygen atoms in total. The number of anilines is 1. The summed E-state index contributed by atoms with van der Waals surface area (Å²) < 4.78 is 21.6. The number of azo groups is 1. The number of methoxy groups -OCH3 is 2. The summed E-state index contributed by atoms with van der Waals surface area (Å²) in [5, 5.41) is 11.1. The van der Waals surface area contributed by atoms with Crippen molar-refractivity contribution < 1.29 is 28.5 Å². The van der Waals surface area contributed by atoms with Crippen LogP contribution >= 0.6 is 23.2 Å². The molecule has 0 bridgehead atoms. The van der Waals surface area contributed by atoms with Gasteiger partial charge in [-0.05, 0) is 32.9 Å². The van der Waals surface area contributed by atoms with Gasteiger partial charge in [0.25, 0.3) is 5.91 Å². The number of rotatable bonds is 11. The quantitative estimate of drug-likeness (QED) is 0.324. The molecule has 0 aliphatic rings. The van der Waals surface area contributed by atoms with Crippen LogP contribution in [0.3, 0.4) is 0 Å². The minimum Gasteiger partial charge on any atom is -0.497 e. The van der Waals surface area contributed by atoms with Gasteiger partial charge in [0.2, 0.25) is 6.04 Å². The van der Waals surface area contributed by atoms with E-state index in [4.69, 9.17) is 42.1 Å². The fraction of sp³-hybridized carbons (Fsp3) is 0.364. The number of nitrogens with zero attached hydrogens (tertiary/aromatic N) is 2. The number of hydrogen-bond donors (Lipinski definition) is 1. The van der Waals surface area contributed by atoms with Gasteiger partial charge in [0, 0.05) is 12.1 Å². The summed E-state index contributed by atoms with van der Waals surface area (Å²) in [7, 11) is 2.89. The SMILES string of the molecule is CCOc1c(Cl)ccc(N=NC(C(C)=O)C(=O)Nc2cc(OC)cc(OC)c2Cl)c1OCC. The van der Waals surface area contributed by atoms with Gasteiger partial charge >= 0.3 is 0 Å². The van der Waals surface area contributed by atoms with Gasteiger partial charge in [-0.1, -0.05) is 23.2 Å². The van der Waals surface area contributed by atoms with Gasteiger partial charge in [-0.2, -0.15) is 10.2 Å². The third-order valence-electron chi connectivity index (χ3n) is 4.26. The zero-order valence-corrected chi connectivity index (χ0v) is 20.4. The number of carbonyl (C=O) groups excluding carboxylic acids is 2. The second kappa shape index (κ2) is 12.3. The molecule has 0 radical (unpaired) electrons. The molecule has 2 aromatic carbocycles. The lowest BCUT2D eigenvalue weighted by Crippen LogP contribution is -2.32. The highest BCUT2D eigenvalue weighted by atomic mass is 35.5. The molecule has 0 aliphatic heterocycles. The van der Waals surface area contributed by atoms with Crippen molar-refractivity contribution in [3.05, 3.63) is 34.3 Å². The number of hydrogen-bond acceptors (Lipinski definition) is 8. The molecule has 1 unspecified atom stereocenters. The summed E-state index contributed by atoms with van der Waals surface area (Å²) in [6.45, 7) is 5.48. The number of Topliss-reactive ketones (excluding diaryl/α,β-unsaturated/α-hetero) is 1. The number of ether oxygens (including phenoxy) is 4. The van der Waals surface area contributed by atoms with Crippen LogP contribution in [0.5, 0.6) is 23.0 Å². The van der Waals surface area contributed by atoms with Crippen LogP contribution in [0, 0.1) is 0 Å². The van der Waals surface area contributed by atoms with Crippen LogP contribution < -0.4 is 24.3 Å². The molecule has 0 aromatic heterocycles. The van der Waals surface area contributed by atoms with Crippen LogP contribution in [-0.4, -0.2) is 45.2 Å². The Bertz CT molecular complexity index is 1050. The molecular formula is C22H25Cl2N3O6. The standard InChI is InChI=1S/C22H25Cl2N3O6/c1-6-32-20-14(23)8-9-15(21(20)33-7-2)26-27-19(12(3)28)22(29)25-16-10-13(30-4)11-17(31-5)18(16)24/h8-11,19H,6-7H2,1-5H3,(H,25,29). The first-order valence-corrected chi connectivity index (χ1v) is 10.7. The highest BCUT2D eigenvalue weighted by molar-refractivity contribution is 6.35. The van der Waals surface area contributed by atoms with Gasteiger partial charge in [-0.15, -0.1) is 0 Å². The first-order chi connectivity index (χ1) is 15.8. The fourth-order valence-corrected chi connectivity index (χ4v) is 3.18. The van der Waals surface area contributed by atoms with E-state index in [-0.39, 0.29) is 22.1 Å². The smallest absolute Gasteiger partial charge is 0.258 e. The molecule has 0 aliphatic carbocycles. The monoisotopic (exact) mass is 497 g/mol. The Labute approximate surface area is 202 Å². The van der Waals surface area contributed by atoms with Gasteiger partial charge in [-0.3, -0.25) is 9.59 Å². The van der Waals surface area contributed by atoms with E-state index in [9.17, 15) is 9.59 Å². The number of nitrogens with one attached hydrogen (secondary N) is 1. The summed E-state index contributed by atoms with van der Waals surface area (Å²) in [5.41, 5.74) is 0.448. The maximum absolute atomic E-state index is 12.9. The minimum absolute atomic E-state index is 0.142. The highest BCUT2D eigenvalue weighted by Gasteiger charge is 2.25. The Morgan fingerprint density at radius 2 is 1.70 bits per heavy atom. The maximum atomic E-state index is 12.9. The van der Waals surface area contributed by atoms with Crippen LogP contribution in [0.1, 0.15) is 20.8 Å². The molecule has 0 saturated heterocycles. The molecule has 1 amide bonds. The molecule has 0 heterocycles. The molecule has 0 saturated carbocycles. The zero-order valence-electron chi connectivity index (χ0n) is 18.9. The van der Waals surface area contributed by atoms with E-state index in [0.29, 0.717) is 35.5 Å². The third kappa shape index (κ3) is 6.49. The number of ketones is 1. The molecule has 1 atom stereocenters. The van der Waals surface area contributed by atoms with Crippen LogP contribution in [0.4, 0.5) is 11.4 Å². The third-order valence-corrected chi connectivity index (χ3v) is 4.95. The van der Waals surface area contributed by atoms with E-state index in [1.807, 2.05) is 0 Å². The maximum Gasteiger partial charge on any atom is 0.258 e. The number of carbonyl (C=O) groups is 2. The van der Waals surface area contributed by atoms with Gasteiger partial charge in [-0.25, -0.2) is 0 Å². The lowest BCUT2D eigenvalue weighted by molar-refractivity contribution is -0.126. The zero-order chi connectivity index (χ0) is 24.5. The van der Waals surface area contributed by atoms with Crippen molar-refractivity contribution in [2.45, 2.75) is 26.8 Å². The summed E-state index contributed by atoms with van der Waals surface area (Å²) in [4.78, 5) is 25.0. The average Bonchev–Trinajstić information content (AvgIpc) is 2.78. The molecule has 0 spiro atoms. The molecule has 2 rings (SSSR count). The van der Waals surface area contributed by atoms with Gasteiger partial charge in [0.05, 0.1) is 38.1 Å². The molecule has 178 valence electrons. The van der Waals surface area contributed by atoms with Crippen molar-refractivity contribution in [1.82, 2.24) is 0 Å². The van der Waals surface area contributed by atoms with Crippen LogP contribution in [-0.2, 0) is 9.59 Å². The summed E-state index contributed by atoms with van der Waals surface area (Å²) in [5.74, 6) is -0.00754. The second-order valence-corrected chi connectivity index (χ2v) is 7.29. The number of amides is 1. The van der Waals surface area contributed by atoms with E-state index in [1.165, 1.54) is 27.2 Å². The van der Waals surface area contributed by atoms with Gasteiger partial charge in [0.1, 0.15) is 22.2 Å². The van der Waals surface area contributed by atoms with Crippen molar-refractivity contribution in [2.24, 2.45) is 10.2 Å². The van der Waals surface area contributed by atoms with E-state index in [1.54, 1.807) is 32.0 Å². The normalized spacial score (nSPS) is 11.7. The van der Waals surface area contributed by atoms with E-state index < -0.39 is 17.7 Å². The Morgan fingerprint density at radius 3 is 2.27 bits per heavy atom.